The third kappa shape index (κ3) is 2.72. The predicted octanol–water partition coefficient (Wildman–Crippen LogP) is 3.39. The number of anilines is 1. The van der Waals surface area contributed by atoms with Gasteiger partial charge in [-0.15, -0.1) is 0 Å². The zero-order valence-electron chi connectivity index (χ0n) is 11.6. The van der Waals surface area contributed by atoms with E-state index < -0.39 is 4.92 Å². The molecule has 0 aliphatic heterocycles. The van der Waals surface area contributed by atoms with Crippen LogP contribution in [0.4, 0.5) is 11.5 Å². The van der Waals surface area contributed by atoms with Crippen LogP contribution in [0, 0.1) is 10.1 Å². The van der Waals surface area contributed by atoms with Gasteiger partial charge < -0.3 is 5.73 Å². The van der Waals surface area contributed by atoms with Crippen molar-refractivity contribution in [3.8, 4) is 0 Å². The van der Waals surface area contributed by atoms with Gasteiger partial charge >= 0.3 is 5.69 Å². The van der Waals surface area contributed by atoms with Crippen LogP contribution in [0.5, 0.6) is 0 Å². The molecular weight excluding hydrogens is 244 g/mol. The van der Waals surface area contributed by atoms with Crippen LogP contribution in [-0.4, -0.2) is 14.7 Å². The smallest absolute Gasteiger partial charge is 0.334 e. The second-order valence-electron chi connectivity index (χ2n) is 5.62. The third-order valence-corrected chi connectivity index (χ3v) is 3.85. The van der Waals surface area contributed by atoms with Gasteiger partial charge in [0.2, 0.25) is 5.82 Å². The minimum atomic E-state index is -0.398. The molecule has 1 aromatic heterocycles. The maximum Gasteiger partial charge on any atom is 0.334 e. The van der Waals surface area contributed by atoms with E-state index in [9.17, 15) is 10.1 Å². The van der Waals surface area contributed by atoms with Crippen LogP contribution < -0.4 is 5.73 Å². The van der Waals surface area contributed by atoms with Gasteiger partial charge in [-0.1, -0.05) is 39.5 Å². The molecule has 0 atom stereocenters. The van der Waals surface area contributed by atoms with Crippen LogP contribution in [0.3, 0.4) is 0 Å². The van der Waals surface area contributed by atoms with Gasteiger partial charge in [0, 0.05) is 5.92 Å². The molecule has 1 saturated carbocycles. The number of nitrogens with zero attached hydrogens (tertiary/aromatic N) is 3. The first kappa shape index (κ1) is 13.8. The maximum absolute atomic E-state index is 11.2. The van der Waals surface area contributed by atoms with Gasteiger partial charge in [0.25, 0.3) is 0 Å². The molecule has 0 spiro atoms. The number of nitro groups is 1. The van der Waals surface area contributed by atoms with Gasteiger partial charge in [-0.3, -0.25) is 10.1 Å². The Kier molecular flexibility index (Phi) is 4.07. The van der Waals surface area contributed by atoms with E-state index in [-0.39, 0.29) is 23.5 Å². The van der Waals surface area contributed by atoms with Gasteiger partial charge in [0.05, 0.1) is 11.0 Å². The predicted molar refractivity (Wildman–Crippen MR) is 74.1 cm³/mol. The van der Waals surface area contributed by atoms with Crippen molar-refractivity contribution in [1.29, 1.82) is 0 Å². The van der Waals surface area contributed by atoms with Crippen LogP contribution in [0.15, 0.2) is 0 Å². The Morgan fingerprint density at radius 1 is 1.32 bits per heavy atom. The van der Waals surface area contributed by atoms with Crippen molar-refractivity contribution in [2.45, 2.75) is 64.3 Å². The SMILES string of the molecule is CC(C)c1nn(C2CCCCCC2)c(N)c1[N+](=O)[O-]. The van der Waals surface area contributed by atoms with Crippen LogP contribution in [0.1, 0.15) is 70.0 Å². The summed E-state index contributed by atoms with van der Waals surface area (Å²) >= 11 is 0. The second-order valence-corrected chi connectivity index (χ2v) is 5.62. The molecule has 6 nitrogen and oxygen atoms in total. The molecule has 2 N–H and O–H groups in total. The molecule has 0 bridgehead atoms. The Hall–Kier alpha value is -1.59. The summed E-state index contributed by atoms with van der Waals surface area (Å²) in [4.78, 5) is 10.8. The van der Waals surface area contributed by atoms with E-state index in [0.29, 0.717) is 5.69 Å². The fourth-order valence-corrected chi connectivity index (χ4v) is 2.81. The van der Waals surface area contributed by atoms with Crippen molar-refractivity contribution in [2.24, 2.45) is 0 Å². The molecule has 6 heteroatoms. The molecule has 0 amide bonds. The summed E-state index contributed by atoms with van der Waals surface area (Å²) in [5.41, 5.74) is 6.49. The molecule has 0 aromatic carbocycles. The van der Waals surface area contributed by atoms with E-state index in [1.165, 1.54) is 12.8 Å². The monoisotopic (exact) mass is 266 g/mol. The Bertz CT molecular complexity index is 459. The molecule has 2 rings (SSSR count). The van der Waals surface area contributed by atoms with E-state index in [1.54, 1.807) is 4.68 Å². The summed E-state index contributed by atoms with van der Waals surface area (Å²) in [5.74, 6) is 0.232. The van der Waals surface area contributed by atoms with Gasteiger partial charge in [0.15, 0.2) is 0 Å². The van der Waals surface area contributed by atoms with Crippen molar-refractivity contribution >= 4 is 11.5 Å². The number of nitrogens with two attached hydrogens (primary N) is 1. The molecular formula is C13H22N4O2. The fraction of sp³-hybridized carbons (Fsp3) is 0.769. The molecule has 0 radical (unpaired) electrons. The van der Waals surface area contributed by atoms with E-state index in [2.05, 4.69) is 5.10 Å². The quantitative estimate of drug-likeness (QED) is 0.516. The Morgan fingerprint density at radius 2 is 1.89 bits per heavy atom. The number of hydrogen-bond acceptors (Lipinski definition) is 4. The first-order chi connectivity index (χ1) is 9.02. The summed E-state index contributed by atoms with van der Waals surface area (Å²) in [6.45, 7) is 3.82. The van der Waals surface area contributed by atoms with Crippen molar-refractivity contribution in [3.63, 3.8) is 0 Å². The van der Waals surface area contributed by atoms with Crippen molar-refractivity contribution in [2.75, 3.05) is 5.73 Å². The lowest BCUT2D eigenvalue weighted by Gasteiger charge is -2.15. The van der Waals surface area contributed by atoms with Crippen molar-refractivity contribution < 1.29 is 4.92 Å². The lowest BCUT2D eigenvalue weighted by Crippen LogP contribution is -2.13. The minimum Gasteiger partial charge on any atom is -0.378 e. The molecule has 1 heterocycles. The van der Waals surface area contributed by atoms with Gasteiger partial charge in [-0.05, 0) is 12.8 Å². The maximum atomic E-state index is 11.2. The third-order valence-electron chi connectivity index (χ3n) is 3.85. The Balaban J connectivity index is 2.40. The highest BCUT2D eigenvalue weighted by Gasteiger charge is 2.30. The molecule has 106 valence electrons. The highest BCUT2D eigenvalue weighted by Crippen LogP contribution is 2.36. The fourth-order valence-electron chi connectivity index (χ4n) is 2.81. The molecule has 1 aromatic rings. The van der Waals surface area contributed by atoms with Crippen LogP contribution in [0.25, 0.3) is 0 Å². The summed E-state index contributed by atoms with van der Waals surface area (Å²) in [6, 6.07) is 0.216. The number of aromatic nitrogens is 2. The first-order valence-electron chi connectivity index (χ1n) is 7.04. The molecule has 1 aliphatic carbocycles. The highest BCUT2D eigenvalue weighted by atomic mass is 16.6. The van der Waals surface area contributed by atoms with E-state index in [1.807, 2.05) is 13.8 Å². The lowest BCUT2D eigenvalue weighted by atomic mass is 10.1. The second kappa shape index (κ2) is 5.59. The van der Waals surface area contributed by atoms with Crippen molar-refractivity contribution in [3.05, 3.63) is 15.8 Å². The molecule has 0 saturated heterocycles. The van der Waals surface area contributed by atoms with E-state index >= 15 is 0 Å². The topological polar surface area (TPSA) is 87.0 Å². The summed E-state index contributed by atoms with van der Waals surface area (Å²) in [5, 5.41) is 15.6. The Morgan fingerprint density at radius 3 is 2.32 bits per heavy atom. The van der Waals surface area contributed by atoms with E-state index in [4.69, 9.17) is 5.73 Å². The highest BCUT2D eigenvalue weighted by molar-refractivity contribution is 5.57. The normalized spacial score (nSPS) is 17.6. The zero-order chi connectivity index (χ0) is 14.0. The summed E-state index contributed by atoms with van der Waals surface area (Å²) in [6.07, 6.45) is 6.79. The molecule has 1 fully saturated rings. The van der Waals surface area contributed by atoms with Gasteiger partial charge in [-0.25, -0.2) is 4.68 Å². The number of nitrogen functional groups attached to an aromatic ring is 1. The average Bonchev–Trinajstić information content (AvgIpc) is 2.53. The summed E-state index contributed by atoms with van der Waals surface area (Å²) < 4.78 is 1.71. The van der Waals surface area contributed by atoms with Gasteiger partial charge in [-0.2, -0.15) is 5.10 Å². The largest absolute Gasteiger partial charge is 0.378 e. The molecule has 0 unspecified atom stereocenters. The van der Waals surface area contributed by atoms with Crippen LogP contribution >= 0.6 is 0 Å². The van der Waals surface area contributed by atoms with Crippen LogP contribution in [0.2, 0.25) is 0 Å². The van der Waals surface area contributed by atoms with Gasteiger partial charge in [0.1, 0.15) is 5.69 Å². The van der Waals surface area contributed by atoms with E-state index in [0.717, 1.165) is 25.7 Å². The van der Waals surface area contributed by atoms with Crippen molar-refractivity contribution in [1.82, 2.24) is 9.78 Å². The average molecular weight is 266 g/mol. The summed E-state index contributed by atoms with van der Waals surface area (Å²) in [7, 11) is 0. The van der Waals surface area contributed by atoms with Crippen LogP contribution in [-0.2, 0) is 0 Å². The first-order valence-corrected chi connectivity index (χ1v) is 7.04. The number of hydrogen-bond donors (Lipinski definition) is 1. The minimum absolute atomic E-state index is 0.000697. The molecule has 19 heavy (non-hydrogen) atoms. The Labute approximate surface area is 113 Å². The lowest BCUT2D eigenvalue weighted by molar-refractivity contribution is -0.384. The molecule has 1 aliphatic rings. The number of rotatable bonds is 3. The zero-order valence-corrected chi connectivity index (χ0v) is 11.6. The standard InChI is InChI=1S/C13H22N4O2/c1-9(2)11-12(17(18)19)13(14)16(15-11)10-7-5-3-4-6-8-10/h9-10H,3-8,14H2,1-2H3.